The van der Waals surface area contributed by atoms with Gasteiger partial charge in [0.15, 0.2) is 0 Å². The molecule has 60 heavy (non-hydrogen) atoms. The maximum Gasteiger partial charge on any atom is 0.407 e. The summed E-state index contributed by atoms with van der Waals surface area (Å²) in [6.07, 6.45) is 5.65. The summed E-state index contributed by atoms with van der Waals surface area (Å²) in [6, 6.07) is 13.1. The molecule has 2 aliphatic heterocycles. The molecule has 15 nitrogen and oxygen atoms in total. The van der Waals surface area contributed by atoms with E-state index in [4.69, 9.17) is 9.47 Å². The number of benzene rings is 2. The summed E-state index contributed by atoms with van der Waals surface area (Å²) < 4.78 is 9.52. The second-order valence-electron chi connectivity index (χ2n) is 18.5. The molecule has 0 bridgehead atoms. The SMILES string of the molecule is COC(=O)NC(C(=O)N1CCCC1C(=O)Nc1ccc(CN(Cc2ccc(NC(=O)C3CCCN3C(=O)C(NC(=O)OC)C(C)(C)C)cc2)C2CCCC2)cc1)C(C)(C)C. The second kappa shape index (κ2) is 19.9. The number of hydrogen-bond donors (Lipinski definition) is 4. The lowest BCUT2D eigenvalue weighted by Gasteiger charge is -2.35. The number of carbonyl (C=O) groups excluding carboxylic acids is 6. The van der Waals surface area contributed by atoms with Gasteiger partial charge in [-0.25, -0.2) is 9.59 Å². The van der Waals surface area contributed by atoms with Crippen LogP contribution in [-0.4, -0.2) is 108 Å². The van der Waals surface area contributed by atoms with Gasteiger partial charge in [-0.15, -0.1) is 0 Å². The molecular weight excluding hydrogens is 767 g/mol. The topological polar surface area (TPSA) is 179 Å². The third-order valence-corrected chi connectivity index (χ3v) is 11.9. The van der Waals surface area contributed by atoms with Crippen molar-refractivity contribution in [3.05, 3.63) is 59.7 Å². The number of carbonyl (C=O) groups is 6. The van der Waals surface area contributed by atoms with Crippen molar-refractivity contribution < 1.29 is 38.2 Å². The minimum Gasteiger partial charge on any atom is -0.453 e. The van der Waals surface area contributed by atoms with Crippen LogP contribution in [0.5, 0.6) is 0 Å². The normalized spacial score (nSPS) is 19.4. The van der Waals surface area contributed by atoms with Gasteiger partial charge in [0.2, 0.25) is 23.6 Å². The van der Waals surface area contributed by atoms with Gasteiger partial charge < -0.3 is 40.5 Å². The van der Waals surface area contributed by atoms with Crippen LogP contribution < -0.4 is 21.3 Å². The van der Waals surface area contributed by atoms with Gasteiger partial charge in [-0.3, -0.25) is 24.1 Å². The monoisotopic (exact) mass is 831 g/mol. The number of likely N-dealkylation sites (tertiary alicyclic amines) is 2. The number of rotatable bonds is 13. The van der Waals surface area contributed by atoms with E-state index in [2.05, 4.69) is 26.2 Å². The van der Waals surface area contributed by atoms with E-state index < -0.39 is 47.2 Å². The first-order chi connectivity index (χ1) is 28.4. The van der Waals surface area contributed by atoms with Gasteiger partial charge in [-0.05, 0) is 84.7 Å². The third-order valence-electron chi connectivity index (χ3n) is 11.9. The smallest absolute Gasteiger partial charge is 0.407 e. The number of nitrogens with one attached hydrogen (secondary N) is 4. The molecule has 328 valence electrons. The molecule has 2 aromatic rings. The zero-order valence-electron chi connectivity index (χ0n) is 36.6. The molecule has 5 rings (SSSR count). The fourth-order valence-corrected chi connectivity index (χ4v) is 8.48. The Balaban J connectivity index is 1.19. The Labute approximate surface area is 354 Å². The number of methoxy groups -OCH3 is 2. The highest BCUT2D eigenvalue weighted by Gasteiger charge is 2.43. The maximum absolute atomic E-state index is 13.6. The van der Waals surface area contributed by atoms with Crippen LogP contribution >= 0.6 is 0 Å². The summed E-state index contributed by atoms with van der Waals surface area (Å²) >= 11 is 0. The van der Waals surface area contributed by atoms with Crippen molar-refractivity contribution >= 4 is 47.2 Å². The summed E-state index contributed by atoms with van der Waals surface area (Å²) in [4.78, 5) is 84.1. The Morgan fingerprint density at radius 3 is 1.30 bits per heavy atom. The highest BCUT2D eigenvalue weighted by molar-refractivity contribution is 5.99. The van der Waals surface area contributed by atoms with E-state index in [0.717, 1.165) is 37.1 Å². The second-order valence-corrected chi connectivity index (χ2v) is 18.5. The summed E-state index contributed by atoms with van der Waals surface area (Å²) in [5.41, 5.74) is 2.31. The largest absolute Gasteiger partial charge is 0.453 e. The lowest BCUT2D eigenvalue weighted by Crippen LogP contribution is -2.57. The maximum atomic E-state index is 13.6. The van der Waals surface area contributed by atoms with Gasteiger partial charge in [0, 0.05) is 43.6 Å². The number of ether oxygens (including phenoxy) is 2. The van der Waals surface area contributed by atoms with Gasteiger partial charge in [-0.1, -0.05) is 78.6 Å². The van der Waals surface area contributed by atoms with Crippen molar-refractivity contribution in [1.29, 1.82) is 0 Å². The highest BCUT2D eigenvalue weighted by Crippen LogP contribution is 2.30. The van der Waals surface area contributed by atoms with E-state index in [1.807, 2.05) is 90.1 Å². The number of alkyl carbamates (subject to hydrolysis) is 2. The Bertz CT molecular complexity index is 1710. The molecule has 4 atom stereocenters. The third kappa shape index (κ3) is 11.8. The van der Waals surface area contributed by atoms with Crippen LogP contribution in [0.15, 0.2) is 48.5 Å². The van der Waals surface area contributed by atoms with Crippen molar-refractivity contribution in [3.8, 4) is 0 Å². The van der Waals surface area contributed by atoms with Crippen molar-refractivity contribution in [2.75, 3.05) is 37.9 Å². The van der Waals surface area contributed by atoms with E-state index >= 15 is 0 Å². The Morgan fingerprint density at radius 1 is 0.600 bits per heavy atom. The summed E-state index contributed by atoms with van der Waals surface area (Å²) in [5.74, 6) is -1.14. The van der Waals surface area contributed by atoms with Gasteiger partial charge in [0.1, 0.15) is 24.2 Å². The molecular formula is C45H65N7O8. The number of anilines is 2. The zero-order valence-corrected chi connectivity index (χ0v) is 36.6. The number of hydrogen-bond acceptors (Lipinski definition) is 9. The molecule has 3 fully saturated rings. The first-order valence-electron chi connectivity index (χ1n) is 21.2. The van der Waals surface area contributed by atoms with Crippen LogP contribution in [0.25, 0.3) is 0 Å². The van der Waals surface area contributed by atoms with Gasteiger partial charge in [-0.2, -0.15) is 0 Å². The molecule has 2 heterocycles. The van der Waals surface area contributed by atoms with Crippen LogP contribution in [0.1, 0.15) is 104 Å². The van der Waals surface area contributed by atoms with Crippen molar-refractivity contribution in [2.45, 2.75) is 136 Å². The summed E-state index contributed by atoms with van der Waals surface area (Å²) in [6.45, 7) is 13.5. The molecule has 3 aliphatic rings. The fraction of sp³-hybridized carbons (Fsp3) is 0.600. The van der Waals surface area contributed by atoms with Gasteiger partial charge >= 0.3 is 12.2 Å². The molecule has 6 amide bonds. The molecule has 0 aromatic heterocycles. The Morgan fingerprint density at radius 2 is 0.967 bits per heavy atom. The van der Waals surface area contributed by atoms with E-state index in [0.29, 0.717) is 56.2 Å². The lowest BCUT2D eigenvalue weighted by molar-refractivity contribution is -0.140. The first-order valence-corrected chi connectivity index (χ1v) is 21.2. The van der Waals surface area contributed by atoms with Crippen LogP contribution in [0.2, 0.25) is 0 Å². The van der Waals surface area contributed by atoms with Crippen LogP contribution in [0.4, 0.5) is 21.0 Å². The predicted molar refractivity (Wildman–Crippen MR) is 229 cm³/mol. The minimum atomic E-state index is -0.849. The van der Waals surface area contributed by atoms with E-state index in [-0.39, 0.29) is 23.6 Å². The molecule has 2 saturated heterocycles. The summed E-state index contributed by atoms with van der Waals surface area (Å²) in [5, 5.41) is 11.3. The van der Waals surface area contributed by atoms with Crippen molar-refractivity contribution in [1.82, 2.24) is 25.3 Å². The average Bonchev–Trinajstić information content (AvgIpc) is 4.02. The highest BCUT2D eigenvalue weighted by atomic mass is 16.5. The molecule has 4 unspecified atom stereocenters. The van der Waals surface area contributed by atoms with Crippen molar-refractivity contribution in [2.24, 2.45) is 10.8 Å². The van der Waals surface area contributed by atoms with E-state index in [9.17, 15) is 28.8 Å². The summed E-state index contributed by atoms with van der Waals surface area (Å²) in [7, 11) is 2.51. The van der Waals surface area contributed by atoms with E-state index in [1.165, 1.54) is 27.1 Å². The predicted octanol–water partition coefficient (Wildman–Crippen LogP) is 6.03. The molecule has 1 saturated carbocycles. The molecule has 4 N–H and O–H groups in total. The number of amides is 6. The quantitative estimate of drug-likeness (QED) is 0.188. The van der Waals surface area contributed by atoms with Crippen LogP contribution in [0.3, 0.4) is 0 Å². The zero-order chi connectivity index (χ0) is 43.8. The van der Waals surface area contributed by atoms with Crippen molar-refractivity contribution in [3.63, 3.8) is 0 Å². The van der Waals surface area contributed by atoms with Crippen LogP contribution in [-0.2, 0) is 41.7 Å². The lowest BCUT2D eigenvalue weighted by atomic mass is 9.85. The first kappa shape index (κ1) is 45.9. The van der Waals surface area contributed by atoms with Crippen LogP contribution in [0, 0.1) is 10.8 Å². The molecule has 0 radical (unpaired) electrons. The fourth-order valence-electron chi connectivity index (χ4n) is 8.48. The molecule has 1 aliphatic carbocycles. The average molecular weight is 832 g/mol. The minimum absolute atomic E-state index is 0.261. The molecule has 15 heteroatoms. The van der Waals surface area contributed by atoms with Gasteiger partial charge in [0.25, 0.3) is 0 Å². The van der Waals surface area contributed by atoms with E-state index in [1.54, 1.807) is 9.80 Å². The molecule has 2 aromatic carbocycles. The Hall–Kier alpha value is -5.18. The Kier molecular flexibility index (Phi) is 15.2. The molecule has 0 spiro atoms. The number of nitrogens with zero attached hydrogens (tertiary/aromatic N) is 3. The standard InChI is InChI=1S/C45H65N7O8/c1-44(2,3)36(48-42(57)59-7)40(55)51-25-11-15-34(51)38(53)46-31-21-17-29(18-22-31)27-50(33-13-9-10-14-33)28-30-19-23-32(24-20-30)47-39(54)35-16-12-26-52(35)41(56)37(45(4,5)6)49-43(58)60-8/h17-24,33-37H,9-16,25-28H2,1-8H3,(H,46,53)(H,47,54)(H,48,57)(H,49,58). The van der Waals surface area contributed by atoms with Gasteiger partial charge in [0.05, 0.1) is 14.2 Å².